The number of hydrogen-bond acceptors (Lipinski definition) is 4. The lowest BCUT2D eigenvalue weighted by molar-refractivity contribution is -0.132. The van der Waals surface area contributed by atoms with E-state index >= 15 is 0 Å². The summed E-state index contributed by atoms with van der Waals surface area (Å²) in [5, 5.41) is 9.95. The fraction of sp³-hybridized carbons (Fsp3) is 0.471. The van der Waals surface area contributed by atoms with Gasteiger partial charge in [0.1, 0.15) is 17.9 Å². The maximum Gasteiger partial charge on any atom is 0.261 e. The SMILES string of the molecule is Cc1ccc2c(c1)CCC(C(=O)NC1(c3ncn[nH]3)CCC1)O2. The van der Waals surface area contributed by atoms with E-state index in [2.05, 4.69) is 33.5 Å². The Hall–Kier alpha value is -2.37. The first-order valence-corrected chi connectivity index (χ1v) is 8.10. The maximum absolute atomic E-state index is 12.7. The standard InChI is InChI=1S/C17H20N4O2/c1-11-3-5-13-12(9-11)4-6-14(23-13)15(22)20-17(7-2-8-17)16-18-10-19-21-16/h3,5,9-10,14H,2,4,6-8H2,1H3,(H,20,22)(H,18,19,21). The van der Waals surface area contributed by atoms with Gasteiger partial charge in [0, 0.05) is 0 Å². The molecule has 4 rings (SSSR count). The molecule has 1 unspecified atom stereocenters. The second-order valence-electron chi connectivity index (χ2n) is 6.52. The van der Waals surface area contributed by atoms with Crippen LogP contribution in [0.15, 0.2) is 24.5 Å². The zero-order valence-corrected chi connectivity index (χ0v) is 13.1. The number of aryl methyl sites for hydroxylation is 2. The zero-order valence-electron chi connectivity index (χ0n) is 13.1. The van der Waals surface area contributed by atoms with Gasteiger partial charge in [0.05, 0.1) is 5.54 Å². The Labute approximate surface area is 134 Å². The van der Waals surface area contributed by atoms with Crippen LogP contribution in [0.1, 0.15) is 42.6 Å². The number of amides is 1. The predicted molar refractivity (Wildman–Crippen MR) is 84.0 cm³/mol. The zero-order chi connectivity index (χ0) is 15.9. The second-order valence-corrected chi connectivity index (χ2v) is 6.52. The molecule has 23 heavy (non-hydrogen) atoms. The first-order valence-electron chi connectivity index (χ1n) is 8.10. The number of aromatic nitrogens is 3. The molecule has 1 fully saturated rings. The quantitative estimate of drug-likeness (QED) is 0.908. The van der Waals surface area contributed by atoms with Crippen molar-refractivity contribution in [3.8, 4) is 5.75 Å². The summed E-state index contributed by atoms with van der Waals surface area (Å²) < 4.78 is 5.92. The van der Waals surface area contributed by atoms with Gasteiger partial charge in [-0.3, -0.25) is 9.89 Å². The first kappa shape index (κ1) is 14.2. The van der Waals surface area contributed by atoms with Gasteiger partial charge in [0.15, 0.2) is 6.10 Å². The number of hydrogen-bond donors (Lipinski definition) is 2. The third-order valence-corrected chi connectivity index (χ3v) is 4.89. The highest BCUT2D eigenvalue weighted by atomic mass is 16.5. The smallest absolute Gasteiger partial charge is 0.261 e. The number of carbonyl (C=O) groups excluding carboxylic acids is 1. The Bertz CT molecular complexity index is 722. The van der Waals surface area contributed by atoms with Gasteiger partial charge in [-0.25, -0.2) is 4.98 Å². The van der Waals surface area contributed by atoms with Crippen molar-refractivity contribution in [3.05, 3.63) is 41.5 Å². The predicted octanol–water partition coefficient (Wildman–Crippen LogP) is 2.00. The van der Waals surface area contributed by atoms with E-state index in [9.17, 15) is 4.79 Å². The van der Waals surface area contributed by atoms with Gasteiger partial charge < -0.3 is 10.1 Å². The van der Waals surface area contributed by atoms with Crippen LogP contribution < -0.4 is 10.1 Å². The number of rotatable bonds is 3. The van der Waals surface area contributed by atoms with Gasteiger partial charge in [-0.2, -0.15) is 5.10 Å². The van der Waals surface area contributed by atoms with Crippen LogP contribution in [0.4, 0.5) is 0 Å². The van der Waals surface area contributed by atoms with Crippen LogP contribution in [0.5, 0.6) is 5.75 Å². The molecule has 0 radical (unpaired) electrons. The van der Waals surface area contributed by atoms with E-state index in [1.165, 1.54) is 17.5 Å². The van der Waals surface area contributed by atoms with Crippen molar-refractivity contribution in [2.75, 3.05) is 0 Å². The van der Waals surface area contributed by atoms with Crippen LogP contribution in [0.3, 0.4) is 0 Å². The Balaban J connectivity index is 1.49. The Morgan fingerprint density at radius 3 is 3.00 bits per heavy atom. The Morgan fingerprint density at radius 2 is 2.30 bits per heavy atom. The van der Waals surface area contributed by atoms with Gasteiger partial charge in [0.25, 0.3) is 5.91 Å². The molecule has 1 amide bonds. The number of benzene rings is 1. The van der Waals surface area contributed by atoms with Crippen molar-refractivity contribution >= 4 is 5.91 Å². The number of nitrogens with zero attached hydrogens (tertiary/aromatic N) is 2. The van der Waals surface area contributed by atoms with Crippen LogP contribution in [-0.4, -0.2) is 27.2 Å². The molecule has 1 aliphatic carbocycles. The van der Waals surface area contributed by atoms with Gasteiger partial charge in [0.2, 0.25) is 0 Å². The summed E-state index contributed by atoms with van der Waals surface area (Å²) >= 11 is 0. The lowest BCUT2D eigenvalue weighted by atomic mass is 9.76. The number of ether oxygens (including phenoxy) is 1. The van der Waals surface area contributed by atoms with E-state index in [1.54, 1.807) is 0 Å². The van der Waals surface area contributed by atoms with E-state index in [1.807, 2.05) is 12.1 Å². The topological polar surface area (TPSA) is 79.9 Å². The molecule has 1 saturated carbocycles. The molecule has 0 saturated heterocycles. The fourth-order valence-corrected chi connectivity index (χ4v) is 3.41. The minimum absolute atomic E-state index is 0.0627. The molecule has 1 aromatic carbocycles. The van der Waals surface area contributed by atoms with Crippen molar-refractivity contribution in [2.45, 2.75) is 50.7 Å². The number of carbonyl (C=O) groups is 1. The van der Waals surface area contributed by atoms with Crippen molar-refractivity contribution in [3.63, 3.8) is 0 Å². The van der Waals surface area contributed by atoms with Crippen molar-refractivity contribution in [1.82, 2.24) is 20.5 Å². The molecule has 120 valence electrons. The molecule has 2 aromatic rings. The molecule has 2 N–H and O–H groups in total. The molecule has 1 aromatic heterocycles. The minimum atomic E-state index is -0.439. The monoisotopic (exact) mass is 312 g/mol. The molecule has 0 bridgehead atoms. The van der Waals surface area contributed by atoms with E-state index in [0.29, 0.717) is 6.42 Å². The largest absolute Gasteiger partial charge is 0.480 e. The molecule has 6 heteroatoms. The molecular weight excluding hydrogens is 292 g/mol. The van der Waals surface area contributed by atoms with Crippen molar-refractivity contribution in [2.24, 2.45) is 0 Å². The molecule has 1 aliphatic heterocycles. The van der Waals surface area contributed by atoms with Gasteiger partial charge >= 0.3 is 0 Å². The first-order chi connectivity index (χ1) is 11.2. The van der Waals surface area contributed by atoms with Crippen molar-refractivity contribution in [1.29, 1.82) is 0 Å². The van der Waals surface area contributed by atoms with E-state index in [4.69, 9.17) is 4.74 Å². The summed E-state index contributed by atoms with van der Waals surface area (Å²) in [5.41, 5.74) is 2.00. The molecule has 6 nitrogen and oxygen atoms in total. The molecule has 0 spiro atoms. The summed E-state index contributed by atoms with van der Waals surface area (Å²) in [4.78, 5) is 16.9. The maximum atomic E-state index is 12.7. The summed E-state index contributed by atoms with van der Waals surface area (Å²) in [7, 11) is 0. The summed E-state index contributed by atoms with van der Waals surface area (Å²) in [6.45, 7) is 2.07. The normalized spacial score (nSPS) is 21.7. The number of nitrogens with one attached hydrogen (secondary N) is 2. The highest BCUT2D eigenvalue weighted by Gasteiger charge is 2.44. The fourth-order valence-electron chi connectivity index (χ4n) is 3.41. The van der Waals surface area contributed by atoms with Gasteiger partial charge in [-0.05, 0) is 50.7 Å². The van der Waals surface area contributed by atoms with E-state index < -0.39 is 11.6 Å². The Morgan fingerprint density at radius 1 is 1.43 bits per heavy atom. The average molecular weight is 312 g/mol. The van der Waals surface area contributed by atoms with Crippen LogP contribution in [0.25, 0.3) is 0 Å². The van der Waals surface area contributed by atoms with Crippen LogP contribution in [-0.2, 0) is 16.8 Å². The molecule has 2 heterocycles. The van der Waals surface area contributed by atoms with Crippen molar-refractivity contribution < 1.29 is 9.53 Å². The highest BCUT2D eigenvalue weighted by Crippen LogP contribution is 2.39. The summed E-state index contributed by atoms with van der Waals surface area (Å²) in [6, 6.07) is 6.10. The second kappa shape index (κ2) is 5.37. The lowest BCUT2D eigenvalue weighted by Gasteiger charge is -2.41. The summed E-state index contributed by atoms with van der Waals surface area (Å²) in [6.07, 6.45) is 5.46. The molecule has 1 atom stereocenters. The minimum Gasteiger partial charge on any atom is -0.480 e. The van der Waals surface area contributed by atoms with Crippen LogP contribution in [0, 0.1) is 6.92 Å². The number of aromatic amines is 1. The summed E-state index contributed by atoms with van der Waals surface area (Å²) in [5.74, 6) is 1.50. The third-order valence-electron chi connectivity index (χ3n) is 4.89. The van der Waals surface area contributed by atoms with Crippen LogP contribution >= 0.6 is 0 Å². The lowest BCUT2D eigenvalue weighted by Crippen LogP contribution is -2.55. The van der Waals surface area contributed by atoms with E-state index in [0.717, 1.165) is 37.3 Å². The number of H-pyrrole nitrogens is 1. The number of fused-ring (bicyclic) bond motifs is 1. The third kappa shape index (κ3) is 2.48. The Kier molecular flexibility index (Phi) is 3.32. The van der Waals surface area contributed by atoms with Gasteiger partial charge in [-0.15, -0.1) is 0 Å². The van der Waals surface area contributed by atoms with Gasteiger partial charge in [-0.1, -0.05) is 17.7 Å². The molecule has 2 aliphatic rings. The average Bonchev–Trinajstić information content (AvgIpc) is 3.04. The van der Waals surface area contributed by atoms with E-state index in [-0.39, 0.29) is 5.91 Å². The van der Waals surface area contributed by atoms with Crippen LogP contribution in [0.2, 0.25) is 0 Å². The highest BCUT2D eigenvalue weighted by molar-refractivity contribution is 5.82. The molecular formula is C17H20N4O2.